The van der Waals surface area contributed by atoms with Gasteiger partial charge >= 0.3 is 21.1 Å². The van der Waals surface area contributed by atoms with E-state index in [0.29, 0.717) is 34.3 Å². The first-order valence-electron chi connectivity index (χ1n) is 11.3. The molecule has 5 rings (SSSR count). The summed E-state index contributed by atoms with van der Waals surface area (Å²) in [7, 11) is 0. The molecule has 0 radical (unpaired) electrons. The monoisotopic (exact) mass is 655 g/mol. The summed E-state index contributed by atoms with van der Waals surface area (Å²) in [6.07, 6.45) is 3.31. The van der Waals surface area contributed by atoms with E-state index in [1.54, 1.807) is 34.2 Å². The topological polar surface area (TPSA) is 89.6 Å². The maximum Gasteiger partial charge on any atom is 2.00 e. The molecule has 0 aliphatic carbocycles. The van der Waals surface area contributed by atoms with E-state index in [9.17, 15) is 5.26 Å². The Bertz CT molecular complexity index is 1440. The van der Waals surface area contributed by atoms with Gasteiger partial charge < -0.3 is 0 Å². The van der Waals surface area contributed by atoms with Crippen LogP contribution in [0.4, 0.5) is 5.69 Å². The minimum atomic E-state index is -0.622. The first-order valence-corrected chi connectivity index (χ1v) is 11.3. The molecular weight excluding hydrogens is 631 g/mol. The molecule has 0 amide bonds. The smallest absolute Gasteiger partial charge is 0.265 e. The third-order valence-electron chi connectivity index (χ3n) is 7.46. The van der Waals surface area contributed by atoms with Crippen LogP contribution in [0.2, 0.25) is 0 Å². The van der Waals surface area contributed by atoms with Crippen molar-refractivity contribution in [3.05, 3.63) is 88.8 Å². The van der Waals surface area contributed by atoms with Crippen LogP contribution < -0.4 is 0 Å². The number of hydrogen-bond donors (Lipinski definition) is 0. The van der Waals surface area contributed by atoms with Crippen molar-refractivity contribution in [3.63, 3.8) is 0 Å². The van der Waals surface area contributed by atoms with Gasteiger partial charge in [0, 0.05) is 10.8 Å². The van der Waals surface area contributed by atoms with E-state index in [4.69, 9.17) is 16.8 Å². The van der Waals surface area contributed by atoms with Crippen LogP contribution in [0.3, 0.4) is 0 Å². The second-order valence-corrected chi connectivity index (χ2v) is 10.4. The summed E-state index contributed by atoms with van der Waals surface area (Å²) in [6.45, 7) is 20.0. The molecule has 1 aliphatic rings. The maximum atomic E-state index is 9.76. The fraction of sp³-hybridized carbons (Fsp3) is 0.333. The van der Waals surface area contributed by atoms with Crippen LogP contribution in [0.5, 0.6) is 0 Å². The van der Waals surface area contributed by atoms with Crippen LogP contribution in [0.15, 0.2) is 36.9 Å². The van der Waals surface area contributed by atoms with Crippen LogP contribution >= 0.6 is 0 Å². The van der Waals surface area contributed by atoms with E-state index in [-0.39, 0.29) is 21.1 Å². The van der Waals surface area contributed by atoms with Gasteiger partial charge in [0.05, 0.1) is 18.3 Å². The molecule has 0 saturated carbocycles. The van der Waals surface area contributed by atoms with Gasteiger partial charge in [-0.15, -0.1) is 18.2 Å². The molecule has 36 heavy (non-hydrogen) atoms. The normalized spacial score (nSPS) is 16.4. The number of nitriles is 1. The van der Waals surface area contributed by atoms with E-state index in [2.05, 4.69) is 60.7 Å². The summed E-state index contributed by atoms with van der Waals surface area (Å²) >= 11 is 0. The van der Waals surface area contributed by atoms with Crippen molar-refractivity contribution in [1.29, 1.82) is 5.26 Å². The van der Waals surface area contributed by atoms with Crippen molar-refractivity contribution in [3.8, 4) is 17.4 Å². The molecule has 2 aromatic heterocycles. The molecule has 4 aromatic rings. The van der Waals surface area contributed by atoms with E-state index in [1.807, 2.05) is 26.0 Å². The zero-order chi connectivity index (χ0) is 25.2. The fourth-order valence-electron chi connectivity index (χ4n) is 4.18. The predicted molar refractivity (Wildman–Crippen MR) is 130 cm³/mol. The van der Waals surface area contributed by atoms with Gasteiger partial charge in [-0.25, -0.2) is 19.3 Å². The third-order valence-corrected chi connectivity index (χ3v) is 7.46. The second-order valence-electron chi connectivity index (χ2n) is 10.4. The number of rotatable bonds is 0. The molecule has 0 N–H and O–H groups in total. The molecule has 0 unspecified atom stereocenters. The number of fused-ring (bicyclic) bond motifs is 10. The molecule has 182 valence electrons. The fourth-order valence-corrected chi connectivity index (χ4v) is 4.18. The molecule has 0 atom stereocenters. The maximum absolute atomic E-state index is 9.76. The van der Waals surface area contributed by atoms with Gasteiger partial charge in [0.25, 0.3) is 0 Å². The SMILES string of the molecule is [C-]#[N+]c1cc2[c-]c(c1)C(C)(C)c1[c-]c(cc(C#N)c1)-n1cnc(n1)C(C)(C)C(C)(C)c1ncn-2n1.[Pt+2]. The van der Waals surface area contributed by atoms with Crippen molar-refractivity contribution in [2.75, 3.05) is 0 Å². The Labute approximate surface area is 225 Å². The van der Waals surface area contributed by atoms with Crippen LogP contribution in [0.1, 0.15) is 69.9 Å². The van der Waals surface area contributed by atoms with E-state index < -0.39 is 16.2 Å². The minimum Gasteiger partial charge on any atom is -0.265 e. The van der Waals surface area contributed by atoms with Gasteiger partial charge in [0.2, 0.25) is 0 Å². The average Bonchev–Trinajstić information content (AvgIpc) is 3.54. The number of nitrogens with zero attached hydrogens (tertiary/aromatic N) is 8. The summed E-state index contributed by atoms with van der Waals surface area (Å²) in [5.41, 5.74) is 2.08. The molecule has 8 nitrogen and oxygen atoms in total. The van der Waals surface area contributed by atoms with Gasteiger partial charge in [-0.3, -0.25) is 4.85 Å². The van der Waals surface area contributed by atoms with Crippen molar-refractivity contribution >= 4 is 5.69 Å². The minimum absolute atomic E-state index is 0. The molecule has 0 spiro atoms. The van der Waals surface area contributed by atoms with Crippen LogP contribution in [0.25, 0.3) is 16.2 Å². The number of aromatic nitrogens is 6. The first kappa shape index (κ1) is 25.5. The number of benzene rings is 2. The molecule has 3 heterocycles. The van der Waals surface area contributed by atoms with Crippen LogP contribution in [-0.4, -0.2) is 29.5 Å². The summed E-state index contributed by atoms with van der Waals surface area (Å²) in [5, 5.41) is 19.4. The number of hydrogen-bond acceptors (Lipinski definition) is 5. The average molecular weight is 656 g/mol. The Hall–Kier alpha value is -3.61. The molecule has 2 aromatic carbocycles. The van der Waals surface area contributed by atoms with Gasteiger partial charge in [-0.1, -0.05) is 52.8 Å². The largest absolute Gasteiger partial charge is 2.00 e. The molecular formula is C27H24N8Pt. The second kappa shape index (κ2) is 8.50. The summed E-state index contributed by atoms with van der Waals surface area (Å²) in [5.74, 6) is 1.27. The zero-order valence-corrected chi connectivity index (χ0v) is 23.1. The van der Waals surface area contributed by atoms with Crippen molar-refractivity contribution < 1.29 is 21.1 Å². The van der Waals surface area contributed by atoms with Gasteiger partial charge in [-0.2, -0.15) is 44.8 Å². The van der Waals surface area contributed by atoms with Crippen molar-refractivity contribution in [1.82, 2.24) is 29.5 Å². The zero-order valence-electron chi connectivity index (χ0n) is 20.9. The quantitative estimate of drug-likeness (QED) is 0.255. The van der Waals surface area contributed by atoms with Gasteiger partial charge in [-0.05, 0) is 11.1 Å². The Balaban J connectivity index is 0.00000304. The molecule has 9 heteroatoms. The van der Waals surface area contributed by atoms with E-state index >= 15 is 0 Å². The molecule has 0 saturated heterocycles. The van der Waals surface area contributed by atoms with Crippen molar-refractivity contribution in [2.45, 2.75) is 57.8 Å². The van der Waals surface area contributed by atoms with Gasteiger partial charge in [0.15, 0.2) is 11.6 Å². The van der Waals surface area contributed by atoms with Crippen LogP contribution in [0, 0.1) is 30.0 Å². The predicted octanol–water partition coefficient (Wildman–Crippen LogP) is 4.76. The summed E-state index contributed by atoms with van der Waals surface area (Å²) in [4.78, 5) is 13.0. The van der Waals surface area contributed by atoms with Crippen molar-refractivity contribution in [2.24, 2.45) is 0 Å². The molecule has 0 fully saturated rings. The standard InChI is InChI=1S/C27H24N8.Pt/c1-25(2)18-8-17(14-28)9-21(11-18)34-15-30-23(32-34)26(3,4)27(5,6)24-31-16-35(33-24)22-12-19(25)10-20(13-22)29-7;/h8-10,13,15-16H,1-6H3;/q-2;+2. The Morgan fingerprint density at radius 1 is 0.833 bits per heavy atom. The van der Waals surface area contributed by atoms with Gasteiger partial charge in [0.1, 0.15) is 12.7 Å². The first-order chi connectivity index (χ1) is 16.5. The van der Waals surface area contributed by atoms with Crippen LogP contribution in [-0.2, 0) is 37.3 Å². The summed E-state index contributed by atoms with van der Waals surface area (Å²) in [6, 6.07) is 16.3. The Morgan fingerprint density at radius 3 is 1.83 bits per heavy atom. The van der Waals surface area contributed by atoms with E-state index in [1.165, 1.54) is 0 Å². The Kier molecular flexibility index (Phi) is 6.02. The Morgan fingerprint density at radius 2 is 1.33 bits per heavy atom. The molecule has 1 aliphatic heterocycles. The third kappa shape index (κ3) is 3.77. The molecule has 8 bridgehead atoms. The summed E-state index contributed by atoms with van der Waals surface area (Å²) < 4.78 is 3.32. The van der Waals surface area contributed by atoms with E-state index in [0.717, 1.165) is 11.1 Å².